The van der Waals surface area contributed by atoms with E-state index in [1.807, 2.05) is 0 Å². The number of phenols is 2. The minimum atomic E-state index is -1.31. The second kappa shape index (κ2) is 4.42. The molecule has 1 aliphatic rings. The third-order valence-electron chi connectivity index (χ3n) is 3.77. The van der Waals surface area contributed by atoms with Gasteiger partial charge in [-0.2, -0.15) is 0 Å². The Morgan fingerprint density at radius 1 is 1.00 bits per heavy atom. The van der Waals surface area contributed by atoms with Gasteiger partial charge in [-0.15, -0.1) is 0 Å². The summed E-state index contributed by atoms with van der Waals surface area (Å²) in [7, 11) is 0. The molecule has 0 saturated heterocycles. The van der Waals surface area contributed by atoms with Crippen molar-refractivity contribution in [3.63, 3.8) is 0 Å². The summed E-state index contributed by atoms with van der Waals surface area (Å²) >= 11 is 0. The van der Waals surface area contributed by atoms with Crippen LogP contribution in [0.25, 0.3) is 0 Å². The molecule has 3 N–H and O–H groups in total. The van der Waals surface area contributed by atoms with E-state index in [0.29, 0.717) is 0 Å². The molecule has 0 bridgehead atoms. The minimum Gasteiger partial charge on any atom is -0.507 e. The Labute approximate surface area is 124 Å². The van der Waals surface area contributed by atoms with Crippen LogP contribution in [-0.4, -0.2) is 32.9 Å². The molecule has 1 aliphatic carbocycles. The highest BCUT2D eigenvalue weighted by Crippen LogP contribution is 2.39. The maximum Gasteiger partial charge on any atom is 0.336 e. The van der Waals surface area contributed by atoms with Gasteiger partial charge in [0.05, 0.1) is 16.7 Å². The van der Waals surface area contributed by atoms with Crippen LogP contribution in [0.1, 0.15) is 47.8 Å². The largest absolute Gasteiger partial charge is 0.507 e. The molecule has 0 aliphatic heterocycles. The summed E-state index contributed by atoms with van der Waals surface area (Å²) in [6.45, 7) is 1.34. The molecule has 2 aromatic carbocycles. The van der Waals surface area contributed by atoms with Crippen LogP contribution in [0.3, 0.4) is 0 Å². The number of rotatable bonds is 1. The van der Waals surface area contributed by atoms with E-state index in [-0.39, 0.29) is 39.1 Å². The lowest BCUT2D eigenvalue weighted by atomic mass is 9.81. The lowest BCUT2D eigenvalue weighted by Crippen LogP contribution is -2.22. The number of aromatic carboxylic acids is 1. The van der Waals surface area contributed by atoms with Crippen LogP contribution < -0.4 is 0 Å². The number of carbonyl (C=O) groups is 3. The molecule has 110 valence electrons. The highest BCUT2D eigenvalue weighted by atomic mass is 16.4. The SMILES string of the molecule is Cc1c(C(=O)O)cc2c(c1O)C(=O)c1c(O)cccc1C2=O. The number of hydrogen-bond acceptors (Lipinski definition) is 5. The molecule has 0 aromatic heterocycles. The molecule has 0 spiro atoms. The topological polar surface area (TPSA) is 112 Å². The van der Waals surface area contributed by atoms with Gasteiger partial charge < -0.3 is 15.3 Å². The van der Waals surface area contributed by atoms with Crippen molar-refractivity contribution >= 4 is 17.5 Å². The Kier molecular flexibility index (Phi) is 2.78. The molecule has 3 rings (SSSR count). The second-order valence-electron chi connectivity index (χ2n) is 4.98. The van der Waals surface area contributed by atoms with Crippen LogP contribution >= 0.6 is 0 Å². The Balaban J connectivity index is 2.40. The van der Waals surface area contributed by atoms with E-state index in [1.54, 1.807) is 0 Å². The maximum absolute atomic E-state index is 12.5. The fraction of sp³-hybridized carbons (Fsp3) is 0.0625. The fourth-order valence-electron chi connectivity index (χ4n) is 2.64. The first-order chi connectivity index (χ1) is 10.3. The van der Waals surface area contributed by atoms with Crippen molar-refractivity contribution in [3.8, 4) is 11.5 Å². The number of carboxylic acid groups (broad SMARTS) is 1. The number of carbonyl (C=O) groups excluding carboxylic acids is 2. The van der Waals surface area contributed by atoms with Crippen molar-refractivity contribution in [1.82, 2.24) is 0 Å². The fourth-order valence-corrected chi connectivity index (χ4v) is 2.64. The number of fused-ring (bicyclic) bond motifs is 2. The van der Waals surface area contributed by atoms with Crippen molar-refractivity contribution < 1.29 is 29.7 Å². The minimum absolute atomic E-state index is 0.00808. The Morgan fingerprint density at radius 2 is 1.68 bits per heavy atom. The zero-order valence-corrected chi connectivity index (χ0v) is 11.4. The quantitative estimate of drug-likeness (QED) is 0.632. The summed E-state index contributed by atoms with van der Waals surface area (Å²) in [5.41, 5.74) is -0.910. The molecular formula is C16H10O6. The van der Waals surface area contributed by atoms with Gasteiger partial charge in [0, 0.05) is 16.7 Å². The molecule has 0 saturated carbocycles. The van der Waals surface area contributed by atoms with E-state index < -0.39 is 23.3 Å². The first kappa shape index (κ1) is 13.8. The van der Waals surface area contributed by atoms with Gasteiger partial charge >= 0.3 is 5.97 Å². The average molecular weight is 298 g/mol. The Hall–Kier alpha value is -3.15. The van der Waals surface area contributed by atoms with Gasteiger partial charge in [-0.3, -0.25) is 9.59 Å². The first-order valence-electron chi connectivity index (χ1n) is 6.35. The van der Waals surface area contributed by atoms with Crippen LogP contribution in [0.15, 0.2) is 24.3 Å². The van der Waals surface area contributed by atoms with Crippen molar-refractivity contribution in [2.24, 2.45) is 0 Å². The summed E-state index contributed by atoms with van der Waals surface area (Å²) in [5.74, 6) is -3.54. The van der Waals surface area contributed by atoms with Gasteiger partial charge in [0.2, 0.25) is 5.78 Å². The van der Waals surface area contributed by atoms with Crippen LogP contribution in [-0.2, 0) is 0 Å². The van der Waals surface area contributed by atoms with E-state index in [0.717, 1.165) is 6.07 Å². The number of phenolic OH excluding ortho intramolecular Hbond substituents is 2. The first-order valence-corrected chi connectivity index (χ1v) is 6.35. The normalized spacial score (nSPS) is 12.8. The molecule has 22 heavy (non-hydrogen) atoms. The van der Waals surface area contributed by atoms with Crippen LogP contribution in [0, 0.1) is 6.92 Å². The predicted octanol–water partition coefficient (Wildman–Crippen LogP) is 1.88. The maximum atomic E-state index is 12.5. The van der Waals surface area contributed by atoms with Crippen LogP contribution in [0.4, 0.5) is 0 Å². The smallest absolute Gasteiger partial charge is 0.336 e. The van der Waals surface area contributed by atoms with E-state index >= 15 is 0 Å². The van der Waals surface area contributed by atoms with Crippen LogP contribution in [0.5, 0.6) is 11.5 Å². The zero-order valence-electron chi connectivity index (χ0n) is 11.4. The molecule has 0 heterocycles. The molecule has 0 amide bonds. The molecule has 0 fully saturated rings. The van der Waals surface area contributed by atoms with E-state index in [2.05, 4.69) is 0 Å². The summed E-state index contributed by atoms with van der Waals surface area (Å²) < 4.78 is 0. The zero-order chi connectivity index (χ0) is 16.2. The van der Waals surface area contributed by atoms with Crippen molar-refractivity contribution in [3.05, 3.63) is 57.6 Å². The Morgan fingerprint density at radius 3 is 2.32 bits per heavy atom. The van der Waals surface area contributed by atoms with Crippen molar-refractivity contribution in [2.45, 2.75) is 6.92 Å². The number of ketones is 2. The molecule has 6 nitrogen and oxygen atoms in total. The second-order valence-corrected chi connectivity index (χ2v) is 4.98. The van der Waals surface area contributed by atoms with Gasteiger partial charge in [-0.1, -0.05) is 12.1 Å². The lowest BCUT2D eigenvalue weighted by molar-refractivity contribution is 0.0695. The monoisotopic (exact) mass is 298 g/mol. The average Bonchev–Trinajstić information content (AvgIpc) is 2.46. The van der Waals surface area contributed by atoms with Crippen molar-refractivity contribution in [2.75, 3.05) is 0 Å². The molecular weight excluding hydrogens is 288 g/mol. The molecule has 0 radical (unpaired) electrons. The summed E-state index contributed by atoms with van der Waals surface area (Å²) in [5, 5.41) is 29.1. The Bertz CT molecular complexity index is 879. The number of hydrogen-bond donors (Lipinski definition) is 3. The van der Waals surface area contributed by atoms with E-state index in [9.17, 15) is 24.6 Å². The number of aromatic hydroxyl groups is 2. The standard InChI is InChI=1S/C16H10O6/c1-6-8(16(21)22)5-9-12(13(6)18)15(20)11-7(14(9)19)3-2-4-10(11)17/h2-5,17-18H,1H3,(H,21,22). The van der Waals surface area contributed by atoms with E-state index in [1.165, 1.54) is 25.1 Å². The lowest BCUT2D eigenvalue weighted by Gasteiger charge is -2.20. The van der Waals surface area contributed by atoms with Gasteiger partial charge in [0.1, 0.15) is 11.5 Å². The highest BCUT2D eigenvalue weighted by Gasteiger charge is 2.36. The summed E-state index contributed by atoms with van der Waals surface area (Å²) in [4.78, 5) is 36.2. The summed E-state index contributed by atoms with van der Waals surface area (Å²) in [6, 6.07) is 5.14. The predicted molar refractivity (Wildman–Crippen MR) is 74.8 cm³/mol. The number of benzene rings is 2. The van der Waals surface area contributed by atoms with Gasteiger partial charge in [-0.25, -0.2) is 4.79 Å². The number of carboxylic acids is 1. The molecule has 0 atom stereocenters. The van der Waals surface area contributed by atoms with Crippen LogP contribution in [0.2, 0.25) is 0 Å². The third kappa shape index (κ3) is 1.64. The van der Waals surface area contributed by atoms with Crippen molar-refractivity contribution in [1.29, 1.82) is 0 Å². The molecule has 0 unspecified atom stereocenters. The molecule has 2 aromatic rings. The van der Waals surface area contributed by atoms with E-state index in [4.69, 9.17) is 5.11 Å². The molecule has 6 heteroatoms. The van der Waals surface area contributed by atoms with Gasteiger partial charge in [0.15, 0.2) is 5.78 Å². The van der Waals surface area contributed by atoms with Gasteiger partial charge in [0.25, 0.3) is 0 Å². The van der Waals surface area contributed by atoms with Gasteiger partial charge in [-0.05, 0) is 19.1 Å². The third-order valence-corrected chi connectivity index (χ3v) is 3.77. The highest BCUT2D eigenvalue weighted by molar-refractivity contribution is 6.30. The summed E-state index contributed by atoms with van der Waals surface area (Å²) in [6.07, 6.45) is 0.